The van der Waals surface area contributed by atoms with E-state index in [0.29, 0.717) is 11.6 Å². The van der Waals surface area contributed by atoms with Crippen molar-refractivity contribution in [3.8, 4) is 11.3 Å². The molecule has 0 fully saturated rings. The SMILES string of the molecule is C[C@H](c1cccc(Cl)c1)N1Cc2cc3c(-c4ccnnc4)n[nH]c3cc2NC1=O. The number of anilines is 1. The average molecular weight is 405 g/mol. The Bertz CT molecular complexity index is 1220. The molecule has 0 radical (unpaired) electrons. The Morgan fingerprint density at radius 1 is 1.17 bits per heavy atom. The summed E-state index contributed by atoms with van der Waals surface area (Å²) < 4.78 is 0. The molecule has 8 heteroatoms. The third kappa shape index (κ3) is 3.09. The van der Waals surface area contributed by atoms with E-state index in [-0.39, 0.29) is 12.1 Å². The predicted molar refractivity (Wildman–Crippen MR) is 112 cm³/mol. The molecule has 0 saturated heterocycles. The smallest absolute Gasteiger partial charge is 0.313 e. The van der Waals surface area contributed by atoms with Crippen LogP contribution in [0.15, 0.2) is 54.9 Å². The van der Waals surface area contributed by atoms with Crippen LogP contribution in [0.25, 0.3) is 22.2 Å². The lowest BCUT2D eigenvalue weighted by Crippen LogP contribution is -2.40. The maximum Gasteiger partial charge on any atom is 0.322 e. The van der Waals surface area contributed by atoms with Crippen LogP contribution in [-0.2, 0) is 6.54 Å². The molecule has 1 atom stereocenters. The van der Waals surface area contributed by atoms with Gasteiger partial charge in [0.15, 0.2) is 0 Å². The van der Waals surface area contributed by atoms with Crippen molar-refractivity contribution in [3.05, 3.63) is 71.0 Å². The number of hydrogen-bond acceptors (Lipinski definition) is 4. The fourth-order valence-electron chi connectivity index (χ4n) is 3.71. The summed E-state index contributed by atoms with van der Waals surface area (Å²) >= 11 is 6.13. The molecule has 2 N–H and O–H groups in total. The van der Waals surface area contributed by atoms with E-state index in [2.05, 4.69) is 31.8 Å². The van der Waals surface area contributed by atoms with Gasteiger partial charge in [-0.3, -0.25) is 5.10 Å². The molecule has 2 aromatic heterocycles. The molecule has 0 spiro atoms. The molecule has 2 amide bonds. The Kier molecular flexibility index (Phi) is 4.17. The van der Waals surface area contributed by atoms with Crippen LogP contribution in [0.3, 0.4) is 0 Å². The number of halogens is 1. The number of nitrogens with one attached hydrogen (secondary N) is 2. The molecule has 3 heterocycles. The lowest BCUT2D eigenvalue weighted by Gasteiger charge is -2.34. The van der Waals surface area contributed by atoms with E-state index < -0.39 is 0 Å². The van der Waals surface area contributed by atoms with Crippen molar-refractivity contribution in [2.45, 2.75) is 19.5 Å². The lowest BCUT2D eigenvalue weighted by molar-refractivity contribution is 0.186. The van der Waals surface area contributed by atoms with Gasteiger partial charge in [-0.1, -0.05) is 23.7 Å². The van der Waals surface area contributed by atoms with Gasteiger partial charge < -0.3 is 10.2 Å². The molecule has 1 aliphatic heterocycles. The van der Waals surface area contributed by atoms with Crippen LogP contribution >= 0.6 is 11.6 Å². The van der Waals surface area contributed by atoms with Gasteiger partial charge in [-0.15, -0.1) is 0 Å². The lowest BCUT2D eigenvalue weighted by atomic mass is 10.0. The average Bonchev–Trinajstić information content (AvgIpc) is 3.14. The van der Waals surface area contributed by atoms with Gasteiger partial charge in [0.2, 0.25) is 0 Å². The summed E-state index contributed by atoms with van der Waals surface area (Å²) in [4.78, 5) is 14.6. The van der Waals surface area contributed by atoms with Crippen LogP contribution in [0.1, 0.15) is 24.1 Å². The molecule has 2 aromatic carbocycles. The summed E-state index contributed by atoms with van der Waals surface area (Å²) in [6.07, 6.45) is 3.33. The van der Waals surface area contributed by atoms with E-state index in [4.69, 9.17) is 11.6 Å². The Morgan fingerprint density at radius 2 is 2.07 bits per heavy atom. The number of carbonyl (C=O) groups excluding carboxylic acids is 1. The number of benzene rings is 2. The van der Waals surface area contributed by atoms with E-state index in [0.717, 1.165) is 39.0 Å². The summed E-state index contributed by atoms with van der Waals surface area (Å²) in [6.45, 7) is 2.49. The monoisotopic (exact) mass is 404 g/mol. The highest BCUT2D eigenvalue weighted by molar-refractivity contribution is 6.30. The molecule has 0 unspecified atom stereocenters. The Balaban J connectivity index is 1.54. The number of urea groups is 1. The van der Waals surface area contributed by atoms with E-state index in [1.54, 1.807) is 17.3 Å². The predicted octanol–water partition coefficient (Wildman–Crippen LogP) is 4.78. The van der Waals surface area contributed by atoms with Crippen LogP contribution in [0.5, 0.6) is 0 Å². The Morgan fingerprint density at radius 3 is 2.86 bits per heavy atom. The number of amides is 2. The van der Waals surface area contributed by atoms with Crippen molar-refractivity contribution >= 4 is 34.2 Å². The minimum atomic E-state index is -0.137. The number of aromatic amines is 1. The van der Waals surface area contributed by atoms with Gasteiger partial charge >= 0.3 is 6.03 Å². The maximum absolute atomic E-state index is 12.8. The molecule has 29 heavy (non-hydrogen) atoms. The largest absolute Gasteiger partial charge is 0.322 e. The number of fused-ring (bicyclic) bond motifs is 2. The molecule has 0 aliphatic carbocycles. The van der Waals surface area contributed by atoms with Crippen molar-refractivity contribution in [3.63, 3.8) is 0 Å². The van der Waals surface area contributed by atoms with Gasteiger partial charge in [-0.25, -0.2) is 4.79 Å². The maximum atomic E-state index is 12.8. The zero-order chi connectivity index (χ0) is 20.0. The van der Waals surface area contributed by atoms with Crippen molar-refractivity contribution < 1.29 is 4.79 Å². The molecular formula is C21H17ClN6O. The Hall–Kier alpha value is -3.45. The van der Waals surface area contributed by atoms with Crippen molar-refractivity contribution in [1.82, 2.24) is 25.3 Å². The van der Waals surface area contributed by atoms with E-state index in [9.17, 15) is 4.79 Å². The van der Waals surface area contributed by atoms with Gasteiger partial charge in [0.1, 0.15) is 5.69 Å². The summed E-state index contributed by atoms with van der Waals surface area (Å²) in [5.41, 5.74) is 5.35. The summed E-state index contributed by atoms with van der Waals surface area (Å²) in [5.74, 6) is 0. The first-order valence-corrected chi connectivity index (χ1v) is 9.59. The molecular weight excluding hydrogens is 388 g/mol. The molecule has 0 bridgehead atoms. The van der Waals surface area contributed by atoms with Crippen LogP contribution in [0.2, 0.25) is 5.02 Å². The van der Waals surface area contributed by atoms with Gasteiger partial charge in [0.25, 0.3) is 0 Å². The molecule has 5 rings (SSSR count). The highest BCUT2D eigenvalue weighted by atomic mass is 35.5. The fraction of sp³-hybridized carbons (Fsp3) is 0.143. The summed E-state index contributed by atoms with van der Waals surface area (Å²) in [6, 6.07) is 13.2. The van der Waals surface area contributed by atoms with E-state index in [1.807, 2.05) is 43.3 Å². The number of H-pyrrole nitrogens is 1. The van der Waals surface area contributed by atoms with Crippen molar-refractivity contribution in [2.24, 2.45) is 0 Å². The first-order chi connectivity index (χ1) is 14.1. The Labute approximate surface area is 171 Å². The molecule has 4 aromatic rings. The molecule has 1 aliphatic rings. The topological polar surface area (TPSA) is 86.8 Å². The highest BCUT2D eigenvalue weighted by Gasteiger charge is 2.28. The van der Waals surface area contributed by atoms with Crippen LogP contribution in [-0.4, -0.2) is 31.3 Å². The second-order valence-corrected chi connectivity index (χ2v) is 7.48. The van der Waals surface area contributed by atoms with Gasteiger partial charge in [0, 0.05) is 21.7 Å². The number of rotatable bonds is 3. The summed E-state index contributed by atoms with van der Waals surface area (Å²) in [5, 5.41) is 19.9. The standard InChI is InChI=1S/C21H17ClN6O/c1-12(13-3-2-4-16(22)7-13)28-11-15-8-17-19(9-18(15)25-21(28)29)26-27-20(17)14-5-6-23-24-10-14/h2-10,12H,11H2,1H3,(H,25,29)(H,26,27)/t12-/m1/s1. The van der Waals surface area contributed by atoms with Crippen LogP contribution in [0.4, 0.5) is 10.5 Å². The molecule has 0 saturated carbocycles. The van der Waals surface area contributed by atoms with E-state index in [1.165, 1.54) is 0 Å². The number of aromatic nitrogens is 4. The van der Waals surface area contributed by atoms with Crippen LogP contribution < -0.4 is 5.32 Å². The van der Waals surface area contributed by atoms with Gasteiger partial charge in [-0.2, -0.15) is 15.3 Å². The quantitative estimate of drug-likeness (QED) is 0.514. The molecule has 7 nitrogen and oxygen atoms in total. The minimum Gasteiger partial charge on any atom is -0.313 e. The zero-order valence-corrected chi connectivity index (χ0v) is 16.3. The number of hydrogen-bond donors (Lipinski definition) is 2. The van der Waals surface area contributed by atoms with Gasteiger partial charge in [0.05, 0.1) is 30.5 Å². The number of nitrogens with zero attached hydrogens (tertiary/aromatic N) is 4. The first-order valence-electron chi connectivity index (χ1n) is 9.21. The first kappa shape index (κ1) is 17.6. The van der Waals surface area contributed by atoms with E-state index >= 15 is 0 Å². The summed E-state index contributed by atoms with van der Waals surface area (Å²) in [7, 11) is 0. The minimum absolute atomic E-state index is 0.120. The van der Waals surface area contributed by atoms with Crippen molar-refractivity contribution in [2.75, 3.05) is 5.32 Å². The zero-order valence-electron chi connectivity index (χ0n) is 15.6. The third-order valence-corrected chi connectivity index (χ3v) is 5.52. The third-order valence-electron chi connectivity index (χ3n) is 5.29. The normalized spacial score (nSPS) is 14.6. The van der Waals surface area contributed by atoms with Crippen LogP contribution in [0, 0.1) is 0 Å². The second-order valence-electron chi connectivity index (χ2n) is 7.05. The molecule has 144 valence electrons. The second kappa shape index (κ2) is 6.86. The highest BCUT2D eigenvalue weighted by Crippen LogP contribution is 2.35. The van der Waals surface area contributed by atoms with Crippen molar-refractivity contribution in [1.29, 1.82) is 0 Å². The fourth-order valence-corrected chi connectivity index (χ4v) is 3.91. The van der Waals surface area contributed by atoms with Gasteiger partial charge in [-0.05, 0) is 48.4 Å². The number of carbonyl (C=O) groups is 1.